The minimum atomic E-state index is -0.708. The predicted octanol–water partition coefficient (Wildman–Crippen LogP) is 4.29. The van der Waals surface area contributed by atoms with Crippen molar-refractivity contribution in [1.82, 2.24) is 25.2 Å². The number of rotatable bonds is 5. The number of carbonyl (C=O) groups is 1. The van der Waals surface area contributed by atoms with Gasteiger partial charge in [0.15, 0.2) is 11.8 Å². The number of carbonyl (C=O) groups excluding carboxylic acids is 1. The van der Waals surface area contributed by atoms with Crippen molar-refractivity contribution in [2.24, 2.45) is 0 Å². The first-order chi connectivity index (χ1) is 14.3. The number of fused-ring (bicyclic) bond motifs is 1. The van der Waals surface area contributed by atoms with Gasteiger partial charge in [0.05, 0.1) is 0 Å². The van der Waals surface area contributed by atoms with Crippen molar-refractivity contribution < 1.29 is 4.79 Å². The number of hydrogen-bond acceptors (Lipinski definition) is 4. The van der Waals surface area contributed by atoms with Gasteiger partial charge in [0, 0.05) is 28.2 Å². The van der Waals surface area contributed by atoms with Crippen LogP contribution in [0.25, 0.3) is 22.3 Å². The number of Topliss-reactive ketones (excluding diaryl/α,β-unsaturated/α-hetero) is 1. The Hall–Kier alpha value is -4.06. The largest absolute Gasteiger partial charge is 0.360 e. The molecular formula is C23H17N5O. The van der Waals surface area contributed by atoms with Crippen LogP contribution in [0.15, 0.2) is 91.1 Å². The van der Waals surface area contributed by atoms with Crippen molar-refractivity contribution in [3.63, 3.8) is 0 Å². The molecule has 0 aliphatic rings. The molecule has 0 radical (unpaired) electrons. The zero-order valence-electron chi connectivity index (χ0n) is 15.4. The van der Waals surface area contributed by atoms with Crippen LogP contribution in [0.2, 0.25) is 0 Å². The van der Waals surface area contributed by atoms with E-state index < -0.39 is 6.04 Å². The molecule has 0 aliphatic heterocycles. The summed E-state index contributed by atoms with van der Waals surface area (Å²) < 4.78 is 0. The summed E-state index contributed by atoms with van der Waals surface area (Å²) in [5, 5.41) is 13.8. The number of H-pyrrole nitrogens is 1. The number of nitrogens with one attached hydrogen (secondary N) is 1. The van der Waals surface area contributed by atoms with E-state index in [-0.39, 0.29) is 5.78 Å². The summed E-state index contributed by atoms with van der Waals surface area (Å²) in [5.41, 5.74) is 3.18. The number of nitrogens with zero attached hydrogens (tertiary/aromatic N) is 4. The fourth-order valence-corrected chi connectivity index (χ4v) is 3.48. The molecule has 5 aromatic rings. The summed E-state index contributed by atoms with van der Waals surface area (Å²) in [4.78, 5) is 18.2. The van der Waals surface area contributed by atoms with Gasteiger partial charge >= 0.3 is 0 Å². The Kier molecular flexibility index (Phi) is 4.22. The molecule has 3 aromatic carbocycles. The highest BCUT2D eigenvalue weighted by atomic mass is 16.1. The predicted molar refractivity (Wildman–Crippen MR) is 110 cm³/mol. The molecule has 6 nitrogen and oxygen atoms in total. The van der Waals surface area contributed by atoms with Gasteiger partial charge in [-0.25, -0.2) is 0 Å². The van der Waals surface area contributed by atoms with Crippen molar-refractivity contribution in [2.45, 2.75) is 6.04 Å². The Labute approximate surface area is 166 Å². The average Bonchev–Trinajstić information content (AvgIpc) is 3.43. The molecule has 2 heterocycles. The number of ketones is 1. The van der Waals surface area contributed by atoms with Crippen molar-refractivity contribution in [1.29, 1.82) is 0 Å². The fourth-order valence-electron chi connectivity index (χ4n) is 3.48. The molecule has 0 saturated carbocycles. The van der Waals surface area contributed by atoms with E-state index in [9.17, 15) is 4.79 Å². The number of para-hydroxylation sites is 1. The Morgan fingerprint density at radius 2 is 1.55 bits per heavy atom. The van der Waals surface area contributed by atoms with E-state index in [1.54, 1.807) is 6.20 Å². The van der Waals surface area contributed by atoms with Gasteiger partial charge < -0.3 is 4.98 Å². The van der Waals surface area contributed by atoms with Gasteiger partial charge in [0.2, 0.25) is 5.82 Å². The van der Waals surface area contributed by atoms with Gasteiger partial charge in [0.25, 0.3) is 0 Å². The maximum atomic E-state index is 13.6. The second-order valence-corrected chi connectivity index (χ2v) is 6.72. The van der Waals surface area contributed by atoms with Crippen molar-refractivity contribution in [3.8, 4) is 11.4 Å². The molecule has 29 heavy (non-hydrogen) atoms. The van der Waals surface area contributed by atoms with Crippen LogP contribution < -0.4 is 0 Å². The van der Waals surface area contributed by atoms with E-state index in [0.717, 1.165) is 22.0 Å². The molecule has 5 rings (SSSR count). The third-order valence-electron chi connectivity index (χ3n) is 4.91. The van der Waals surface area contributed by atoms with Crippen molar-refractivity contribution in [2.75, 3.05) is 0 Å². The van der Waals surface area contributed by atoms with Crippen LogP contribution in [0.3, 0.4) is 0 Å². The summed E-state index contributed by atoms with van der Waals surface area (Å²) in [6, 6.07) is 26.2. The molecule has 140 valence electrons. The second-order valence-electron chi connectivity index (χ2n) is 6.72. The zero-order chi connectivity index (χ0) is 19.6. The van der Waals surface area contributed by atoms with Crippen LogP contribution in [-0.2, 0) is 0 Å². The lowest BCUT2D eigenvalue weighted by atomic mass is 9.97. The fraction of sp³-hybridized carbons (Fsp3) is 0.0435. The molecule has 0 spiro atoms. The van der Waals surface area contributed by atoms with Crippen LogP contribution >= 0.6 is 0 Å². The van der Waals surface area contributed by atoms with Crippen LogP contribution in [0.5, 0.6) is 0 Å². The topological polar surface area (TPSA) is 76.5 Å². The standard InChI is InChI=1S/C23H17N5O/c29-22(19-15-24-20-14-8-7-13-18(19)20)21(16-9-3-1-4-10-16)28-26-23(25-27-28)17-11-5-2-6-12-17/h1-15,21,24H/t21-/m1/s1. The molecule has 1 atom stereocenters. The first-order valence-electron chi connectivity index (χ1n) is 9.31. The SMILES string of the molecule is O=C(c1c[nH]c2ccccc12)[C@@H](c1ccccc1)n1nnc(-c2ccccc2)n1. The first kappa shape index (κ1) is 17.1. The smallest absolute Gasteiger partial charge is 0.204 e. The molecule has 0 saturated heterocycles. The van der Waals surface area contributed by atoms with Gasteiger partial charge in [-0.05, 0) is 16.8 Å². The Bertz CT molecular complexity index is 1270. The number of tetrazole rings is 1. The normalized spacial score (nSPS) is 12.1. The first-order valence-corrected chi connectivity index (χ1v) is 9.31. The Morgan fingerprint density at radius 3 is 2.34 bits per heavy atom. The molecule has 1 N–H and O–H groups in total. The summed E-state index contributed by atoms with van der Waals surface area (Å²) in [5.74, 6) is 0.393. The number of hydrogen-bond donors (Lipinski definition) is 1. The minimum absolute atomic E-state index is 0.0920. The molecule has 0 amide bonds. The van der Waals surface area contributed by atoms with E-state index in [1.165, 1.54) is 4.80 Å². The molecule has 0 unspecified atom stereocenters. The number of aromatic nitrogens is 5. The van der Waals surface area contributed by atoms with Gasteiger partial charge in [-0.1, -0.05) is 78.9 Å². The van der Waals surface area contributed by atoms with Crippen LogP contribution in [0.4, 0.5) is 0 Å². The molecule has 0 aliphatic carbocycles. The average molecular weight is 379 g/mol. The van der Waals surface area contributed by atoms with Crippen LogP contribution in [0.1, 0.15) is 22.0 Å². The van der Waals surface area contributed by atoms with E-state index in [4.69, 9.17) is 0 Å². The Morgan fingerprint density at radius 1 is 0.862 bits per heavy atom. The van der Waals surface area contributed by atoms with Crippen LogP contribution in [0, 0.1) is 0 Å². The lowest BCUT2D eigenvalue weighted by Gasteiger charge is -2.14. The second kappa shape index (κ2) is 7.16. The maximum Gasteiger partial charge on any atom is 0.204 e. The van der Waals surface area contributed by atoms with Gasteiger partial charge in [0.1, 0.15) is 0 Å². The summed E-state index contributed by atoms with van der Waals surface area (Å²) in [6.07, 6.45) is 1.75. The monoisotopic (exact) mass is 379 g/mol. The highest BCUT2D eigenvalue weighted by Gasteiger charge is 2.28. The zero-order valence-corrected chi connectivity index (χ0v) is 15.4. The number of aromatic amines is 1. The van der Waals surface area contributed by atoms with E-state index in [0.29, 0.717) is 11.4 Å². The summed E-state index contributed by atoms with van der Waals surface area (Å²) >= 11 is 0. The minimum Gasteiger partial charge on any atom is -0.360 e. The molecule has 6 heteroatoms. The van der Waals surface area contributed by atoms with Gasteiger partial charge in [-0.3, -0.25) is 4.79 Å². The highest BCUT2D eigenvalue weighted by Crippen LogP contribution is 2.27. The molecular weight excluding hydrogens is 362 g/mol. The van der Waals surface area contributed by atoms with E-state index >= 15 is 0 Å². The van der Waals surface area contributed by atoms with Gasteiger partial charge in [-0.2, -0.15) is 0 Å². The van der Waals surface area contributed by atoms with Gasteiger partial charge in [-0.15, -0.1) is 15.0 Å². The van der Waals surface area contributed by atoms with Crippen molar-refractivity contribution in [3.05, 3.63) is 102 Å². The highest BCUT2D eigenvalue weighted by molar-refractivity contribution is 6.10. The van der Waals surface area contributed by atoms with E-state index in [2.05, 4.69) is 20.4 Å². The molecule has 2 aromatic heterocycles. The quantitative estimate of drug-likeness (QED) is 0.462. The summed E-state index contributed by atoms with van der Waals surface area (Å²) in [7, 11) is 0. The number of benzene rings is 3. The molecule has 0 bridgehead atoms. The lowest BCUT2D eigenvalue weighted by Crippen LogP contribution is -2.23. The van der Waals surface area contributed by atoms with Crippen molar-refractivity contribution >= 4 is 16.7 Å². The van der Waals surface area contributed by atoms with E-state index in [1.807, 2.05) is 84.9 Å². The maximum absolute atomic E-state index is 13.6. The lowest BCUT2D eigenvalue weighted by molar-refractivity contribution is 0.0932. The van der Waals surface area contributed by atoms with Crippen LogP contribution in [-0.4, -0.2) is 31.0 Å². The third-order valence-corrected chi connectivity index (χ3v) is 4.91. The Balaban J connectivity index is 1.61. The third kappa shape index (κ3) is 3.10. The summed E-state index contributed by atoms with van der Waals surface area (Å²) in [6.45, 7) is 0. The molecule has 0 fully saturated rings.